The molecular weight excluding hydrogens is 680 g/mol. The van der Waals surface area contributed by atoms with Crippen LogP contribution in [0.1, 0.15) is 74.3 Å². The van der Waals surface area contributed by atoms with Crippen LogP contribution in [0.2, 0.25) is 0 Å². The Balaban J connectivity index is 1.60. The zero-order valence-electron chi connectivity index (χ0n) is 31.2. The Morgan fingerprint density at radius 1 is 0.925 bits per heavy atom. The van der Waals surface area contributed by atoms with Crippen molar-refractivity contribution in [3.05, 3.63) is 77.2 Å². The van der Waals surface area contributed by atoms with E-state index in [9.17, 15) is 24.0 Å². The van der Waals surface area contributed by atoms with Gasteiger partial charge in [-0.25, -0.2) is 0 Å². The Hall–Kier alpha value is -5.40. The number of hydrogen-bond donors (Lipinski definition) is 5. The molecule has 14 nitrogen and oxygen atoms in total. The van der Waals surface area contributed by atoms with Gasteiger partial charge in [0, 0.05) is 25.6 Å². The van der Waals surface area contributed by atoms with Gasteiger partial charge in [-0.2, -0.15) is 0 Å². The van der Waals surface area contributed by atoms with Crippen molar-refractivity contribution < 1.29 is 38.0 Å². The first-order valence-electron chi connectivity index (χ1n) is 18.2. The molecule has 0 spiro atoms. The van der Waals surface area contributed by atoms with Crippen molar-refractivity contribution >= 4 is 29.5 Å². The fourth-order valence-electron chi connectivity index (χ4n) is 5.88. The molecule has 1 aromatic heterocycles. The van der Waals surface area contributed by atoms with Gasteiger partial charge in [0.1, 0.15) is 18.1 Å². The monoisotopic (exact) mass is 732 g/mol. The molecule has 1 aliphatic heterocycles. The van der Waals surface area contributed by atoms with Crippen LogP contribution in [0, 0.1) is 11.8 Å². The second-order valence-corrected chi connectivity index (χ2v) is 13.9. The van der Waals surface area contributed by atoms with E-state index in [2.05, 4.69) is 31.7 Å². The summed E-state index contributed by atoms with van der Waals surface area (Å²) in [6, 6.07) is 13.1. The molecule has 5 amide bonds. The van der Waals surface area contributed by atoms with Crippen molar-refractivity contribution in [2.45, 2.75) is 84.3 Å². The zero-order valence-corrected chi connectivity index (χ0v) is 31.2. The number of rotatable bonds is 8. The highest BCUT2D eigenvalue weighted by molar-refractivity contribution is 5.97. The fourth-order valence-corrected chi connectivity index (χ4v) is 5.88. The minimum atomic E-state index is -1.12. The number of carbonyl (C=O) groups excluding carboxylic acids is 5. The van der Waals surface area contributed by atoms with Crippen molar-refractivity contribution in [1.29, 1.82) is 0 Å². The normalized spacial score (nSPS) is 19.8. The summed E-state index contributed by atoms with van der Waals surface area (Å²) in [5.74, 6) is -1.70. The first kappa shape index (κ1) is 40.4. The minimum absolute atomic E-state index is 0.0547. The standard InChI is InChI=1S/C39H52N6O8/c1-24(2)19-28-22-33(53-45-28)38(49)42-29-14-10-17-40-34(46)23-52-32-21-27(15-16-31(32)51-5)13-9-18-41-39(50)35(25(3)4)44-37(48)30(43-36(29)47)20-26-11-7-6-8-12-26/h6-8,11-12,15-16,21-22,24-25,29-30,35H,9-10,13-14,17-20,23H2,1-5H3,(H,40,46)(H,41,50)(H,42,49)(H,43,47)(H,44,48)/t29-,30-,35+/m0/s1. The third kappa shape index (κ3) is 12.7. The largest absolute Gasteiger partial charge is 0.493 e. The van der Waals surface area contributed by atoms with Crippen molar-refractivity contribution in [1.82, 2.24) is 31.7 Å². The Morgan fingerprint density at radius 2 is 1.68 bits per heavy atom. The lowest BCUT2D eigenvalue weighted by molar-refractivity contribution is -0.133. The molecule has 14 heteroatoms. The highest BCUT2D eigenvalue weighted by atomic mass is 16.5. The van der Waals surface area contributed by atoms with E-state index in [0.29, 0.717) is 49.4 Å². The number of fused-ring (bicyclic) bond motifs is 2. The summed E-state index contributed by atoms with van der Waals surface area (Å²) in [4.78, 5) is 67.3. The molecule has 0 radical (unpaired) electrons. The number of nitrogens with zero attached hydrogens (tertiary/aromatic N) is 1. The molecule has 0 fully saturated rings. The van der Waals surface area contributed by atoms with E-state index in [1.807, 2.05) is 64.1 Å². The molecule has 2 heterocycles. The molecule has 0 saturated carbocycles. The molecule has 5 N–H and O–H groups in total. The smallest absolute Gasteiger partial charge is 0.290 e. The Morgan fingerprint density at radius 3 is 2.40 bits per heavy atom. The number of ether oxygens (including phenoxy) is 2. The molecule has 53 heavy (non-hydrogen) atoms. The van der Waals surface area contributed by atoms with E-state index >= 15 is 0 Å². The van der Waals surface area contributed by atoms with Crippen molar-refractivity contribution in [3.8, 4) is 11.5 Å². The summed E-state index contributed by atoms with van der Waals surface area (Å²) in [5, 5.41) is 18.1. The van der Waals surface area contributed by atoms with Gasteiger partial charge in [0.25, 0.3) is 11.8 Å². The zero-order chi connectivity index (χ0) is 38.3. The molecule has 0 unspecified atom stereocenters. The van der Waals surface area contributed by atoms with E-state index in [4.69, 9.17) is 14.0 Å². The Kier molecular flexibility index (Phi) is 15.2. The van der Waals surface area contributed by atoms with Crippen molar-refractivity contribution in [2.75, 3.05) is 26.8 Å². The quantitative estimate of drug-likeness (QED) is 0.232. The lowest BCUT2D eigenvalue weighted by Gasteiger charge is -2.27. The number of hydrogen-bond acceptors (Lipinski definition) is 9. The number of carbonyl (C=O) groups is 5. The summed E-state index contributed by atoms with van der Waals surface area (Å²) in [6.07, 6.45) is 2.36. The van der Waals surface area contributed by atoms with Crippen LogP contribution in [0.4, 0.5) is 0 Å². The lowest BCUT2D eigenvalue weighted by atomic mass is 10.00. The van der Waals surface area contributed by atoms with Crippen molar-refractivity contribution in [2.24, 2.45) is 11.8 Å². The van der Waals surface area contributed by atoms with Crippen LogP contribution in [0.5, 0.6) is 11.5 Å². The summed E-state index contributed by atoms with van der Waals surface area (Å²) in [5.41, 5.74) is 2.32. The summed E-state index contributed by atoms with van der Waals surface area (Å²) >= 11 is 0. The van der Waals surface area contributed by atoms with Gasteiger partial charge < -0.3 is 40.6 Å². The van der Waals surface area contributed by atoms with Crippen LogP contribution in [-0.2, 0) is 38.4 Å². The highest BCUT2D eigenvalue weighted by Crippen LogP contribution is 2.28. The number of amides is 5. The van der Waals surface area contributed by atoms with Gasteiger partial charge in [-0.05, 0) is 67.2 Å². The Bertz CT molecular complexity index is 1690. The second kappa shape index (κ2) is 20.0. The predicted molar refractivity (Wildman–Crippen MR) is 197 cm³/mol. The van der Waals surface area contributed by atoms with Crippen molar-refractivity contribution in [3.63, 3.8) is 0 Å². The SMILES string of the molecule is COc1ccc2cc1OCC(=O)NCCC[C@H](NC(=O)c1cc(CC(C)C)no1)C(=O)N[C@@H](Cc1ccccc1)C(=O)N[C@H](C(C)C)C(=O)NCCC2. The molecule has 3 atom stereocenters. The Labute approximate surface area is 310 Å². The number of benzene rings is 2. The maximum Gasteiger partial charge on any atom is 0.290 e. The number of aryl methyl sites for hydroxylation is 1. The van der Waals surface area contributed by atoms with E-state index in [1.165, 1.54) is 13.2 Å². The average molecular weight is 733 g/mol. The number of nitrogens with one attached hydrogen (secondary N) is 5. The molecular formula is C39H52N6O8. The maximum absolute atomic E-state index is 14.0. The topological polar surface area (TPSA) is 190 Å². The van der Waals surface area contributed by atoms with Gasteiger partial charge in [0.2, 0.25) is 23.5 Å². The molecule has 0 saturated heterocycles. The van der Waals surface area contributed by atoms with Gasteiger partial charge >= 0.3 is 0 Å². The molecule has 4 rings (SSSR count). The summed E-state index contributed by atoms with van der Waals surface area (Å²) in [7, 11) is 1.51. The summed E-state index contributed by atoms with van der Waals surface area (Å²) < 4.78 is 16.5. The summed E-state index contributed by atoms with van der Waals surface area (Å²) in [6.45, 7) is 7.95. The number of methoxy groups -OCH3 is 1. The fraction of sp³-hybridized carbons (Fsp3) is 0.487. The molecule has 1 aliphatic rings. The molecule has 2 bridgehead atoms. The van der Waals surface area contributed by atoms with Crippen LogP contribution >= 0.6 is 0 Å². The third-order valence-electron chi connectivity index (χ3n) is 8.70. The first-order valence-corrected chi connectivity index (χ1v) is 18.2. The van der Waals surface area contributed by atoms with E-state index < -0.39 is 35.8 Å². The van der Waals surface area contributed by atoms with Gasteiger partial charge in [-0.15, -0.1) is 0 Å². The average Bonchev–Trinajstić information content (AvgIpc) is 3.60. The predicted octanol–water partition coefficient (Wildman–Crippen LogP) is 2.89. The lowest BCUT2D eigenvalue weighted by Crippen LogP contribution is -2.58. The van der Waals surface area contributed by atoms with E-state index in [1.54, 1.807) is 12.1 Å². The second-order valence-electron chi connectivity index (χ2n) is 13.9. The van der Waals surface area contributed by atoms with Crippen LogP contribution in [0.15, 0.2) is 59.1 Å². The van der Waals surface area contributed by atoms with Crippen LogP contribution in [0.3, 0.4) is 0 Å². The highest BCUT2D eigenvalue weighted by Gasteiger charge is 2.31. The molecule has 2 aromatic carbocycles. The van der Waals surface area contributed by atoms with Crippen LogP contribution in [-0.4, -0.2) is 79.6 Å². The molecule has 3 aromatic rings. The van der Waals surface area contributed by atoms with E-state index in [-0.39, 0.29) is 55.4 Å². The maximum atomic E-state index is 14.0. The van der Waals surface area contributed by atoms with Gasteiger partial charge in [-0.3, -0.25) is 24.0 Å². The number of aromatic nitrogens is 1. The minimum Gasteiger partial charge on any atom is -0.493 e. The van der Waals surface area contributed by atoms with Crippen LogP contribution < -0.4 is 36.1 Å². The van der Waals surface area contributed by atoms with Gasteiger partial charge in [0.15, 0.2) is 18.1 Å². The van der Waals surface area contributed by atoms with E-state index in [0.717, 1.165) is 11.1 Å². The van der Waals surface area contributed by atoms with Gasteiger partial charge in [-0.1, -0.05) is 69.2 Å². The third-order valence-corrected chi connectivity index (χ3v) is 8.70. The molecule has 0 aliphatic carbocycles. The van der Waals surface area contributed by atoms with Crippen LogP contribution in [0.25, 0.3) is 0 Å². The van der Waals surface area contributed by atoms with Gasteiger partial charge in [0.05, 0.1) is 12.8 Å². The first-order chi connectivity index (χ1) is 25.4. The molecule has 286 valence electrons.